The van der Waals surface area contributed by atoms with Gasteiger partial charge in [0, 0.05) is 13.0 Å². The first kappa shape index (κ1) is 16.9. The third kappa shape index (κ3) is 5.40. The second-order valence-electron chi connectivity index (χ2n) is 5.85. The van der Waals surface area contributed by atoms with Crippen LogP contribution in [0.25, 0.3) is 0 Å². The van der Waals surface area contributed by atoms with Crippen LogP contribution in [0.4, 0.5) is 4.39 Å². The fourth-order valence-corrected chi connectivity index (χ4v) is 4.67. The third-order valence-electron chi connectivity index (χ3n) is 4.02. The maximum absolute atomic E-state index is 13.4. The topological polar surface area (TPSA) is 63.2 Å². The number of amides is 1. The molecule has 1 aromatic rings. The Labute approximate surface area is 131 Å². The number of nitrogens with one attached hydrogen (secondary N) is 1. The van der Waals surface area contributed by atoms with Gasteiger partial charge in [-0.15, -0.1) is 0 Å². The van der Waals surface area contributed by atoms with E-state index in [2.05, 4.69) is 5.32 Å². The van der Waals surface area contributed by atoms with E-state index in [1.165, 1.54) is 6.07 Å². The Kier molecular flexibility index (Phi) is 5.94. The molecule has 1 N–H and O–H groups in total. The van der Waals surface area contributed by atoms with Crippen molar-refractivity contribution in [1.29, 1.82) is 0 Å². The van der Waals surface area contributed by atoms with E-state index in [9.17, 15) is 17.6 Å². The van der Waals surface area contributed by atoms with Gasteiger partial charge in [-0.25, -0.2) is 12.8 Å². The summed E-state index contributed by atoms with van der Waals surface area (Å²) in [6, 6.07) is 6.46. The Morgan fingerprint density at radius 3 is 2.77 bits per heavy atom. The van der Waals surface area contributed by atoms with Gasteiger partial charge in [-0.1, -0.05) is 18.2 Å². The van der Waals surface area contributed by atoms with Crippen molar-refractivity contribution < 1.29 is 17.6 Å². The quantitative estimate of drug-likeness (QED) is 0.780. The second-order valence-corrected chi connectivity index (χ2v) is 8.08. The van der Waals surface area contributed by atoms with Crippen molar-refractivity contribution in [2.75, 3.05) is 18.1 Å². The van der Waals surface area contributed by atoms with Crippen LogP contribution in [0.3, 0.4) is 0 Å². The Morgan fingerprint density at radius 1 is 1.32 bits per heavy atom. The smallest absolute Gasteiger partial charge is 0.220 e. The molecule has 1 fully saturated rings. The highest BCUT2D eigenvalue weighted by atomic mass is 32.2. The van der Waals surface area contributed by atoms with Crippen molar-refractivity contribution in [3.63, 3.8) is 0 Å². The number of sulfone groups is 1. The van der Waals surface area contributed by atoms with E-state index >= 15 is 0 Å². The fraction of sp³-hybridized carbons (Fsp3) is 0.562. The number of carbonyl (C=O) groups excluding carboxylic acids is 1. The Bertz CT molecular complexity index is 616. The highest BCUT2D eigenvalue weighted by Crippen LogP contribution is 2.22. The minimum absolute atomic E-state index is 0.0951. The van der Waals surface area contributed by atoms with Crippen LogP contribution in [-0.2, 0) is 21.1 Å². The molecule has 1 heterocycles. The van der Waals surface area contributed by atoms with Crippen LogP contribution >= 0.6 is 0 Å². The van der Waals surface area contributed by atoms with Gasteiger partial charge in [0.2, 0.25) is 5.91 Å². The Morgan fingerprint density at radius 2 is 2.09 bits per heavy atom. The summed E-state index contributed by atoms with van der Waals surface area (Å²) >= 11 is 0. The predicted molar refractivity (Wildman–Crippen MR) is 83.7 cm³/mol. The van der Waals surface area contributed by atoms with Gasteiger partial charge in [0.05, 0.1) is 11.5 Å². The van der Waals surface area contributed by atoms with E-state index in [1.807, 2.05) is 0 Å². The number of hydrogen-bond donors (Lipinski definition) is 1. The van der Waals surface area contributed by atoms with Gasteiger partial charge < -0.3 is 5.32 Å². The van der Waals surface area contributed by atoms with Crippen LogP contribution in [0.15, 0.2) is 24.3 Å². The van der Waals surface area contributed by atoms with E-state index < -0.39 is 9.84 Å². The fourth-order valence-electron chi connectivity index (χ4n) is 2.76. The maximum atomic E-state index is 13.4. The zero-order valence-corrected chi connectivity index (χ0v) is 13.4. The SMILES string of the molecule is O=C(CCc1ccccc1F)NCCCC1CCS(=O)(=O)C1. The zero-order valence-electron chi connectivity index (χ0n) is 12.6. The van der Waals surface area contributed by atoms with Gasteiger partial charge in [0.25, 0.3) is 0 Å². The highest BCUT2D eigenvalue weighted by molar-refractivity contribution is 7.91. The summed E-state index contributed by atoms with van der Waals surface area (Å²) in [5.74, 6) is 0.446. The lowest BCUT2D eigenvalue weighted by atomic mass is 10.0. The van der Waals surface area contributed by atoms with Crippen molar-refractivity contribution >= 4 is 15.7 Å². The Balaban J connectivity index is 1.59. The standard InChI is InChI=1S/C16H22FNO3S/c17-15-6-2-1-5-14(15)7-8-16(19)18-10-3-4-13-9-11-22(20,21)12-13/h1-2,5-6,13H,3-4,7-12H2,(H,18,19). The molecule has 0 aliphatic carbocycles. The van der Waals surface area contributed by atoms with Crippen molar-refractivity contribution in [3.05, 3.63) is 35.6 Å². The summed E-state index contributed by atoms with van der Waals surface area (Å²) in [5, 5.41) is 2.81. The Hall–Kier alpha value is -1.43. The maximum Gasteiger partial charge on any atom is 0.220 e. The summed E-state index contributed by atoms with van der Waals surface area (Å²) in [6.45, 7) is 0.548. The second kappa shape index (κ2) is 7.72. The lowest BCUT2D eigenvalue weighted by Crippen LogP contribution is -2.25. The molecular formula is C16H22FNO3S. The van der Waals surface area contributed by atoms with Crippen LogP contribution in [0, 0.1) is 11.7 Å². The molecule has 1 aromatic carbocycles. The summed E-state index contributed by atoms with van der Waals surface area (Å²) in [5.41, 5.74) is 0.550. The first-order chi connectivity index (χ1) is 10.5. The molecule has 1 atom stereocenters. The van der Waals surface area contributed by atoms with Gasteiger partial charge in [0.15, 0.2) is 9.84 Å². The molecule has 1 aliphatic heterocycles. The minimum atomic E-state index is -2.82. The van der Waals surface area contributed by atoms with Crippen molar-refractivity contribution in [3.8, 4) is 0 Å². The van der Waals surface area contributed by atoms with Crippen LogP contribution < -0.4 is 5.32 Å². The van der Waals surface area contributed by atoms with Crippen LogP contribution in [0.1, 0.15) is 31.2 Å². The summed E-state index contributed by atoms with van der Waals surface area (Å²) in [7, 11) is -2.82. The average Bonchev–Trinajstić information content (AvgIpc) is 2.82. The van der Waals surface area contributed by atoms with Crippen LogP contribution in [0.5, 0.6) is 0 Å². The molecule has 0 aromatic heterocycles. The largest absolute Gasteiger partial charge is 0.356 e. The predicted octanol–water partition coefficient (Wildman–Crippen LogP) is 2.09. The highest BCUT2D eigenvalue weighted by Gasteiger charge is 2.27. The first-order valence-corrected chi connectivity index (χ1v) is 9.49. The molecule has 4 nitrogen and oxygen atoms in total. The number of hydrogen-bond acceptors (Lipinski definition) is 3. The molecule has 0 saturated carbocycles. The number of rotatable bonds is 7. The summed E-state index contributed by atoms with van der Waals surface area (Å²) in [6.07, 6.45) is 3.00. The minimum Gasteiger partial charge on any atom is -0.356 e. The molecule has 22 heavy (non-hydrogen) atoms. The van der Waals surface area contributed by atoms with E-state index in [1.54, 1.807) is 18.2 Å². The molecule has 1 saturated heterocycles. The molecule has 0 spiro atoms. The van der Waals surface area contributed by atoms with Gasteiger partial charge >= 0.3 is 0 Å². The molecule has 2 rings (SSSR count). The summed E-state index contributed by atoms with van der Waals surface area (Å²) < 4.78 is 36.1. The molecular weight excluding hydrogens is 305 g/mol. The monoisotopic (exact) mass is 327 g/mol. The van der Waals surface area contributed by atoms with Gasteiger partial charge in [-0.2, -0.15) is 0 Å². The lowest BCUT2D eigenvalue weighted by Gasteiger charge is -2.08. The van der Waals surface area contributed by atoms with E-state index in [0.29, 0.717) is 24.3 Å². The summed E-state index contributed by atoms with van der Waals surface area (Å²) in [4.78, 5) is 11.7. The van der Waals surface area contributed by atoms with E-state index in [-0.39, 0.29) is 29.8 Å². The van der Waals surface area contributed by atoms with E-state index in [0.717, 1.165) is 19.3 Å². The third-order valence-corrected chi connectivity index (χ3v) is 5.85. The van der Waals surface area contributed by atoms with Crippen LogP contribution in [-0.4, -0.2) is 32.4 Å². The molecule has 6 heteroatoms. The molecule has 122 valence electrons. The van der Waals surface area contributed by atoms with Crippen LogP contribution in [0.2, 0.25) is 0 Å². The zero-order chi connectivity index (χ0) is 16.0. The molecule has 1 unspecified atom stereocenters. The number of carbonyl (C=O) groups is 1. The average molecular weight is 327 g/mol. The molecule has 1 amide bonds. The first-order valence-electron chi connectivity index (χ1n) is 7.67. The number of benzene rings is 1. The van der Waals surface area contributed by atoms with Gasteiger partial charge in [-0.05, 0) is 43.2 Å². The van der Waals surface area contributed by atoms with Crippen molar-refractivity contribution in [1.82, 2.24) is 5.32 Å². The molecule has 1 aliphatic rings. The number of aryl methyl sites for hydroxylation is 1. The molecule has 0 radical (unpaired) electrons. The molecule has 0 bridgehead atoms. The lowest BCUT2D eigenvalue weighted by molar-refractivity contribution is -0.121. The van der Waals surface area contributed by atoms with Crippen molar-refractivity contribution in [2.24, 2.45) is 5.92 Å². The van der Waals surface area contributed by atoms with Crippen molar-refractivity contribution in [2.45, 2.75) is 32.1 Å². The normalized spacial score (nSPS) is 20.0. The van der Waals surface area contributed by atoms with E-state index in [4.69, 9.17) is 0 Å². The van der Waals surface area contributed by atoms with Gasteiger partial charge in [-0.3, -0.25) is 4.79 Å². The van der Waals surface area contributed by atoms with Gasteiger partial charge in [0.1, 0.15) is 5.82 Å². The number of halogens is 1.